The van der Waals surface area contributed by atoms with Gasteiger partial charge in [-0.15, -0.1) is 0 Å². The summed E-state index contributed by atoms with van der Waals surface area (Å²) in [5, 5.41) is 4.12. The van der Waals surface area contributed by atoms with Gasteiger partial charge in [0.25, 0.3) is 5.56 Å². The molecule has 0 unspecified atom stereocenters. The standard InChI is InChI=1S/C24H26ClN5O3S2/c1-2-22(29(13-6-12-26)35(32,33)19-11-14-34-16-19)23-27-21-15-17(25)9-10-20(21)24(31)30(23)28-18-7-4-3-5-8-18/h3-5,7-11,14-16,22,28H,2,6,12-13,26H2,1H3/t22-/m1/s1. The number of benzene rings is 2. The molecule has 35 heavy (non-hydrogen) atoms. The second-order valence-electron chi connectivity index (χ2n) is 7.89. The summed E-state index contributed by atoms with van der Waals surface area (Å²) >= 11 is 7.50. The molecule has 11 heteroatoms. The predicted molar refractivity (Wildman–Crippen MR) is 141 cm³/mol. The van der Waals surface area contributed by atoms with Gasteiger partial charge >= 0.3 is 0 Å². The van der Waals surface area contributed by atoms with Crippen LogP contribution in [0.15, 0.2) is 75.0 Å². The fraction of sp³-hybridized carbons (Fsp3) is 0.250. The average molecular weight is 532 g/mol. The number of fused-ring (bicyclic) bond motifs is 1. The van der Waals surface area contributed by atoms with E-state index < -0.39 is 16.1 Å². The Morgan fingerprint density at radius 1 is 1.20 bits per heavy atom. The normalized spacial score (nSPS) is 12.8. The molecule has 4 rings (SSSR count). The minimum absolute atomic E-state index is 0.183. The van der Waals surface area contributed by atoms with Crippen molar-refractivity contribution in [3.63, 3.8) is 0 Å². The van der Waals surface area contributed by atoms with E-state index in [0.717, 1.165) is 0 Å². The number of rotatable bonds is 10. The number of nitrogens with one attached hydrogen (secondary N) is 1. The minimum atomic E-state index is -3.87. The van der Waals surface area contributed by atoms with Gasteiger partial charge in [0.15, 0.2) is 5.82 Å². The van der Waals surface area contributed by atoms with Gasteiger partial charge in [0, 0.05) is 16.9 Å². The highest BCUT2D eigenvalue weighted by Gasteiger charge is 2.34. The zero-order valence-electron chi connectivity index (χ0n) is 19.1. The Hall–Kier alpha value is -2.76. The highest BCUT2D eigenvalue weighted by atomic mass is 35.5. The fourth-order valence-electron chi connectivity index (χ4n) is 3.89. The summed E-state index contributed by atoms with van der Waals surface area (Å²) in [4.78, 5) is 18.6. The van der Waals surface area contributed by atoms with E-state index in [9.17, 15) is 13.2 Å². The van der Waals surface area contributed by atoms with Gasteiger partial charge in [0.1, 0.15) is 0 Å². The van der Waals surface area contributed by atoms with Crippen LogP contribution in [0.25, 0.3) is 10.9 Å². The molecule has 2 aromatic carbocycles. The number of thiophene rings is 1. The van der Waals surface area contributed by atoms with Crippen molar-refractivity contribution in [2.24, 2.45) is 5.73 Å². The lowest BCUT2D eigenvalue weighted by molar-refractivity contribution is 0.297. The van der Waals surface area contributed by atoms with Crippen molar-refractivity contribution in [3.05, 3.63) is 86.6 Å². The largest absolute Gasteiger partial charge is 0.330 e. The summed E-state index contributed by atoms with van der Waals surface area (Å²) in [6.07, 6.45) is 0.832. The van der Waals surface area contributed by atoms with Gasteiger partial charge in [-0.25, -0.2) is 18.1 Å². The molecule has 0 bridgehead atoms. The number of aromatic nitrogens is 2. The number of halogens is 1. The molecule has 0 aliphatic heterocycles. The Bertz CT molecular complexity index is 1460. The molecule has 0 spiro atoms. The molecule has 184 valence electrons. The van der Waals surface area contributed by atoms with E-state index in [2.05, 4.69) is 5.43 Å². The lowest BCUT2D eigenvalue weighted by atomic mass is 10.1. The van der Waals surface area contributed by atoms with Crippen molar-refractivity contribution < 1.29 is 8.42 Å². The Balaban J connectivity index is 1.94. The summed E-state index contributed by atoms with van der Waals surface area (Å²) in [5.41, 5.74) is 9.58. The van der Waals surface area contributed by atoms with E-state index in [1.165, 1.54) is 20.3 Å². The van der Waals surface area contributed by atoms with Gasteiger partial charge in [0.2, 0.25) is 10.0 Å². The molecule has 0 saturated carbocycles. The van der Waals surface area contributed by atoms with Crippen LogP contribution in [-0.2, 0) is 10.0 Å². The summed E-state index contributed by atoms with van der Waals surface area (Å²) < 4.78 is 30.1. The van der Waals surface area contributed by atoms with Gasteiger partial charge in [-0.3, -0.25) is 10.2 Å². The zero-order chi connectivity index (χ0) is 25.0. The van der Waals surface area contributed by atoms with E-state index in [-0.39, 0.29) is 22.8 Å². The van der Waals surface area contributed by atoms with Gasteiger partial charge in [-0.1, -0.05) is 36.7 Å². The molecule has 2 heterocycles. The van der Waals surface area contributed by atoms with Crippen LogP contribution in [0.2, 0.25) is 5.02 Å². The van der Waals surface area contributed by atoms with Crippen LogP contribution in [0.1, 0.15) is 31.6 Å². The van der Waals surface area contributed by atoms with Crippen molar-refractivity contribution in [3.8, 4) is 0 Å². The van der Waals surface area contributed by atoms with Crippen LogP contribution >= 0.6 is 22.9 Å². The zero-order valence-corrected chi connectivity index (χ0v) is 21.5. The Morgan fingerprint density at radius 3 is 2.63 bits per heavy atom. The highest BCUT2D eigenvalue weighted by Crippen LogP contribution is 2.31. The lowest BCUT2D eigenvalue weighted by Gasteiger charge is -2.31. The Labute approximate surface area is 213 Å². The second-order valence-corrected chi connectivity index (χ2v) is 11.0. The first-order valence-electron chi connectivity index (χ1n) is 11.1. The highest BCUT2D eigenvalue weighted by molar-refractivity contribution is 7.89. The lowest BCUT2D eigenvalue weighted by Crippen LogP contribution is -2.41. The number of nitrogens with two attached hydrogens (primary N) is 1. The molecule has 0 radical (unpaired) electrons. The topological polar surface area (TPSA) is 110 Å². The van der Waals surface area contributed by atoms with E-state index in [1.807, 2.05) is 37.3 Å². The van der Waals surface area contributed by atoms with Gasteiger partial charge in [-0.2, -0.15) is 15.6 Å². The molecule has 1 atom stereocenters. The SMILES string of the molecule is CC[C@H](c1nc2cc(Cl)ccc2c(=O)n1Nc1ccccc1)N(CCCN)S(=O)(=O)c1ccsc1. The van der Waals surface area contributed by atoms with Crippen LogP contribution in [0.4, 0.5) is 5.69 Å². The fourth-order valence-corrected chi connectivity index (χ4v) is 6.77. The maximum atomic E-state index is 13.7. The van der Waals surface area contributed by atoms with Crippen LogP contribution in [0.5, 0.6) is 0 Å². The maximum Gasteiger partial charge on any atom is 0.280 e. The maximum absolute atomic E-state index is 13.7. The second kappa shape index (κ2) is 10.9. The van der Waals surface area contributed by atoms with E-state index in [4.69, 9.17) is 22.3 Å². The number of hydrogen-bond acceptors (Lipinski definition) is 7. The van der Waals surface area contributed by atoms with Crippen LogP contribution in [0, 0.1) is 0 Å². The monoisotopic (exact) mass is 531 g/mol. The summed E-state index contributed by atoms with van der Waals surface area (Å²) in [6.45, 7) is 2.37. The third-order valence-electron chi connectivity index (χ3n) is 5.59. The number of sulfonamides is 1. The first-order valence-corrected chi connectivity index (χ1v) is 13.9. The summed E-state index contributed by atoms with van der Waals surface area (Å²) in [7, 11) is -3.87. The van der Waals surface area contributed by atoms with Crippen molar-refractivity contribution >= 4 is 49.6 Å². The quantitative estimate of drug-likeness (QED) is 0.312. The molecule has 0 amide bonds. The minimum Gasteiger partial charge on any atom is -0.330 e. The Kier molecular flexibility index (Phi) is 7.88. The van der Waals surface area contributed by atoms with Crippen molar-refractivity contribution in [2.75, 3.05) is 18.5 Å². The summed E-state index contributed by atoms with van der Waals surface area (Å²) in [6, 6.07) is 14.9. The molecule has 0 fully saturated rings. The molecule has 0 aliphatic carbocycles. The summed E-state index contributed by atoms with van der Waals surface area (Å²) in [5.74, 6) is 0.270. The van der Waals surface area contributed by atoms with Gasteiger partial charge in [0.05, 0.1) is 27.5 Å². The molecule has 8 nitrogen and oxygen atoms in total. The third-order valence-corrected chi connectivity index (χ3v) is 8.56. The van der Waals surface area contributed by atoms with Gasteiger partial charge in [-0.05, 0) is 61.2 Å². The molecule has 0 aliphatic rings. The molecule has 4 aromatic rings. The van der Waals surface area contributed by atoms with E-state index in [0.29, 0.717) is 41.0 Å². The van der Waals surface area contributed by atoms with Gasteiger partial charge < -0.3 is 5.73 Å². The Morgan fingerprint density at radius 2 is 1.97 bits per heavy atom. The average Bonchev–Trinajstić information content (AvgIpc) is 3.40. The van der Waals surface area contributed by atoms with E-state index in [1.54, 1.807) is 35.0 Å². The predicted octanol–water partition coefficient (Wildman–Crippen LogP) is 4.48. The first kappa shape index (κ1) is 25.3. The molecule has 2 aromatic heterocycles. The first-order chi connectivity index (χ1) is 16.9. The van der Waals surface area contributed by atoms with Crippen LogP contribution in [-0.4, -0.2) is 35.5 Å². The number of hydrogen-bond donors (Lipinski definition) is 2. The van der Waals surface area contributed by atoms with Crippen molar-refractivity contribution in [1.82, 2.24) is 14.0 Å². The smallest absolute Gasteiger partial charge is 0.280 e. The molecule has 0 saturated heterocycles. The van der Waals surface area contributed by atoms with E-state index >= 15 is 0 Å². The molecular formula is C24H26ClN5O3S2. The number of nitrogens with zero attached hydrogens (tertiary/aromatic N) is 3. The van der Waals surface area contributed by atoms with Crippen molar-refractivity contribution in [2.45, 2.75) is 30.7 Å². The molecular weight excluding hydrogens is 506 g/mol. The molecule has 3 N–H and O–H groups in total. The van der Waals surface area contributed by atoms with Crippen LogP contribution < -0.4 is 16.7 Å². The van der Waals surface area contributed by atoms with Crippen LogP contribution in [0.3, 0.4) is 0 Å². The number of anilines is 1. The van der Waals surface area contributed by atoms with Crippen molar-refractivity contribution in [1.29, 1.82) is 0 Å². The third kappa shape index (κ3) is 5.26. The number of para-hydroxylation sites is 1.